The maximum Gasteiger partial charge on any atom is 0.200 e. The van der Waals surface area contributed by atoms with Gasteiger partial charge in [-0.15, -0.1) is 11.3 Å². The summed E-state index contributed by atoms with van der Waals surface area (Å²) in [6.45, 7) is 123. The SMILES string of the molecule is CC(C)(C)c1cn(C(C)(C)C)nc1C(C)(C)C.CC(C)(C)c1nc(C(C)(C)C)c(C(C)(C)C)o1.CC(C)(C)c1nc(C(C)(C)C)c(C(C)(C)C)s1.CC(C)(C)c1nc(C(C)(C)C)n(O)c1C(C)(C)C.CCn1c(C(C)(C)C)nc(C(C)(C)C)c1C(C)(C)C.Cn1c(C(C)(C)C)nc(C(C)(C)C)c1C(C)(C)C. The van der Waals surface area contributed by atoms with Crippen molar-refractivity contribution in [3.63, 3.8) is 0 Å². The Hall–Kier alpha value is -4.52. The highest BCUT2D eigenvalue weighted by atomic mass is 32.1. The van der Waals surface area contributed by atoms with Crippen molar-refractivity contribution in [2.75, 3.05) is 0 Å². The van der Waals surface area contributed by atoms with E-state index >= 15 is 0 Å². The largest absolute Gasteiger partial charge is 0.444 e. The highest BCUT2D eigenvalue weighted by Crippen LogP contribution is 2.44. The van der Waals surface area contributed by atoms with E-state index in [-0.39, 0.29) is 97.6 Å². The van der Waals surface area contributed by atoms with E-state index in [4.69, 9.17) is 34.4 Å². The molecule has 0 fully saturated rings. The Morgan fingerprint density at radius 2 is 0.660 bits per heavy atom. The Labute approximate surface area is 659 Å². The predicted molar refractivity (Wildman–Crippen MR) is 464 cm³/mol. The van der Waals surface area contributed by atoms with Crippen LogP contribution in [-0.4, -0.2) is 53.8 Å². The molecular weight excluding hydrogens is 1320 g/mol. The van der Waals surface area contributed by atoms with Crippen molar-refractivity contribution >= 4 is 11.3 Å². The smallest absolute Gasteiger partial charge is 0.200 e. The predicted octanol–water partition coefficient (Wildman–Crippen LogP) is 27.0. The summed E-state index contributed by atoms with van der Waals surface area (Å²) in [5.74, 6) is 4.99. The molecule has 0 unspecified atom stereocenters. The van der Waals surface area contributed by atoms with E-state index in [1.165, 1.54) is 66.0 Å². The average molecular weight is 1490 g/mol. The summed E-state index contributed by atoms with van der Waals surface area (Å²) in [6, 6.07) is 0. The maximum atomic E-state index is 10.5. The van der Waals surface area contributed by atoms with Gasteiger partial charge in [-0.25, -0.2) is 24.9 Å². The molecule has 0 spiro atoms. The van der Waals surface area contributed by atoms with Gasteiger partial charge in [-0.1, -0.05) is 353 Å². The lowest BCUT2D eigenvalue weighted by Crippen LogP contribution is -2.26. The van der Waals surface area contributed by atoms with E-state index in [1.807, 2.05) is 11.3 Å². The van der Waals surface area contributed by atoms with E-state index in [0.717, 1.165) is 41.1 Å². The Morgan fingerprint density at radius 3 is 0.896 bits per heavy atom. The van der Waals surface area contributed by atoms with E-state index in [9.17, 15) is 5.21 Å². The second kappa shape index (κ2) is 31.9. The second-order valence-corrected chi connectivity index (χ2v) is 50.2. The van der Waals surface area contributed by atoms with Gasteiger partial charge in [0, 0.05) is 117 Å². The molecule has 0 saturated heterocycles. The lowest BCUT2D eigenvalue weighted by molar-refractivity contribution is 0.146. The van der Waals surface area contributed by atoms with Crippen LogP contribution in [0.3, 0.4) is 0 Å². The summed E-state index contributed by atoms with van der Waals surface area (Å²) in [5, 5.41) is 16.6. The number of hydrogen-bond acceptors (Lipinski definition) is 9. The summed E-state index contributed by atoms with van der Waals surface area (Å²) < 4.78 is 14.2. The summed E-state index contributed by atoms with van der Waals surface area (Å²) in [4.78, 5) is 25.9. The first-order valence-corrected chi connectivity index (χ1v) is 40.8. The lowest BCUT2D eigenvalue weighted by atomic mass is 9.80. The van der Waals surface area contributed by atoms with Gasteiger partial charge < -0.3 is 18.8 Å². The summed E-state index contributed by atoms with van der Waals surface area (Å²) in [7, 11) is 2.16. The van der Waals surface area contributed by atoms with Gasteiger partial charge in [0.15, 0.2) is 5.89 Å². The van der Waals surface area contributed by atoms with Gasteiger partial charge in [0.25, 0.3) is 0 Å². The van der Waals surface area contributed by atoms with Crippen LogP contribution < -0.4 is 0 Å². The van der Waals surface area contributed by atoms with Crippen LogP contribution in [0.5, 0.6) is 0 Å². The molecule has 1 N–H and O–H groups in total. The van der Waals surface area contributed by atoms with Crippen molar-refractivity contribution < 1.29 is 9.62 Å². The zero-order chi connectivity index (χ0) is 85.2. The van der Waals surface area contributed by atoms with Crippen molar-refractivity contribution in [3.05, 3.63) is 102 Å². The van der Waals surface area contributed by atoms with E-state index < -0.39 is 0 Å². The molecule has 6 rings (SSSR count). The van der Waals surface area contributed by atoms with Crippen molar-refractivity contribution in [3.8, 4) is 0 Å². The van der Waals surface area contributed by atoms with Crippen LogP contribution >= 0.6 is 11.3 Å². The zero-order valence-corrected chi connectivity index (χ0v) is 81.3. The van der Waals surface area contributed by atoms with Gasteiger partial charge in [-0.2, -0.15) is 9.83 Å². The summed E-state index contributed by atoms with van der Waals surface area (Å²) in [5.41, 5.74) is 13.0. The van der Waals surface area contributed by atoms with Gasteiger partial charge >= 0.3 is 0 Å². The Kier molecular flexibility index (Phi) is 30.0. The number of hydrogen-bond donors (Lipinski definition) is 1. The second-order valence-electron chi connectivity index (χ2n) is 49.2. The van der Waals surface area contributed by atoms with Crippen LogP contribution in [0.15, 0.2) is 10.6 Å². The van der Waals surface area contributed by atoms with Crippen LogP contribution in [0.25, 0.3) is 0 Å². The van der Waals surface area contributed by atoms with Gasteiger partial charge in [0.05, 0.1) is 50.4 Å². The van der Waals surface area contributed by atoms with Crippen LogP contribution in [0.1, 0.15) is 477 Å². The monoisotopic (exact) mass is 1490 g/mol. The molecule has 106 heavy (non-hydrogen) atoms. The quantitative estimate of drug-likeness (QED) is 0.161. The first kappa shape index (κ1) is 99.5. The highest BCUT2D eigenvalue weighted by Gasteiger charge is 2.41. The number of thiazole rings is 1. The number of nitrogens with zero attached hydrogens (tertiary/aromatic N) is 10. The number of aromatic nitrogens is 10. The van der Waals surface area contributed by atoms with Crippen LogP contribution in [0.4, 0.5) is 0 Å². The molecule has 13 heteroatoms. The summed E-state index contributed by atoms with van der Waals surface area (Å²) >= 11 is 1.89. The third-order valence-corrected chi connectivity index (χ3v) is 19.7. The average Bonchev–Trinajstić information content (AvgIpc) is 1.63. The minimum atomic E-state index is -0.168. The Balaban J connectivity index is 0.000000636. The number of oxazole rings is 1. The molecule has 0 aliphatic carbocycles. The minimum absolute atomic E-state index is 0.000880. The molecule has 0 amide bonds. The highest BCUT2D eigenvalue weighted by molar-refractivity contribution is 7.12. The molecule has 0 aromatic carbocycles. The third kappa shape index (κ3) is 26.9. The van der Waals surface area contributed by atoms with Crippen LogP contribution in [0.2, 0.25) is 0 Å². The van der Waals surface area contributed by atoms with E-state index in [2.05, 4.69) is 408 Å². The number of rotatable bonds is 1. The van der Waals surface area contributed by atoms with Crippen molar-refractivity contribution in [2.45, 2.75) is 485 Å². The normalized spacial score (nSPS) is 14.1. The Morgan fingerprint density at radius 1 is 0.321 bits per heavy atom. The van der Waals surface area contributed by atoms with E-state index in [1.54, 1.807) is 0 Å². The first-order chi connectivity index (χ1) is 45.8. The van der Waals surface area contributed by atoms with Gasteiger partial charge in [0.2, 0.25) is 0 Å². The fourth-order valence-electron chi connectivity index (χ4n) is 12.4. The maximum absolute atomic E-state index is 10.5. The van der Waals surface area contributed by atoms with Gasteiger partial charge in [-0.05, 0) is 44.1 Å². The molecule has 0 radical (unpaired) electrons. The molecule has 6 aromatic heterocycles. The molecule has 0 atom stereocenters. The van der Waals surface area contributed by atoms with Crippen LogP contribution in [-0.2, 0) is 111 Å². The number of imidazole rings is 3. The molecule has 0 aliphatic heterocycles. The van der Waals surface area contributed by atoms with Gasteiger partial charge in [0.1, 0.15) is 23.2 Å². The fourth-order valence-corrected chi connectivity index (χ4v) is 13.8. The van der Waals surface area contributed by atoms with Gasteiger partial charge in [-0.3, -0.25) is 4.68 Å². The first-order valence-electron chi connectivity index (χ1n) is 40.0. The molecular formula is C93H172N10O2S. The van der Waals surface area contributed by atoms with Crippen molar-refractivity contribution in [1.29, 1.82) is 0 Å². The third-order valence-electron chi connectivity index (χ3n) is 17.7. The molecule has 6 heterocycles. The topological polar surface area (TPSA) is 130 Å². The van der Waals surface area contributed by atoms with Crippen molar-refractivity contribution in [1.82, 2.24) is 48.6 Å². The molecule has 12 nitrogen and oxygen atoms in total. The zero-order valence-electron chi connectivity index (χ0n) is 80.5. The molecule has 612 valence electrons. The standard InChI is InChI=1S/C17H32N2.C16H30N2.C15H28N2O.C15H28N2.C15H27NO.C15H27NS/c1-11-19-13(16(5,6)7)12(15(2,3)4)18-14(19)17(8,9)10;1-14(2,3)11-12(15(4,5)6)18(10)13(17-11)16(7,8)9;1-13(2,3)10-11(14(4,5)6)17(18)12(16-10)15(7,8)9;1-13(2,3)11-10-17(15(7,8)9)16-12(11)14(4,5)6;2*1-13(2,3)10-11(14(4,5)6)17-12(16-10)15(7,8)9/h11H2,1-10H3;1-10H3;18H,1-9H3;10H,1-9H3;2*1-9H3. The molecule has 0 bridgehead atoms. The van der Waals surface area contributed by atoms with Crippen LogP contribution in [0, 0.1) is 0 Å². The minimum Gasteiger partial charge on any atom is -0.444 e. The molecule has 6 aromatic rings. The lowest BCUT2D eigenvalue weighted by Gasteiger charge is -2.28. The molecule has 0 aliphatic rings. The Bertz CT molecular complexity index is 3420. The fraction of sp³-hybridized carbons (Fsp3) is 0.806. The van der Waals surface area contributed by atoms with E-state index in [0.29, 0.717) is 0 Å². The van der Waals surface area contributed by atoms with Crippen molar-refractivity contribution in [2.24, 2.45) is 7.05 Å². The summed E-state index contributed by atoms with van der Waals surface area (Å²) in [6.07, 6.45) is 2.22. The molecule has 0 saturated carbocycles.